The largest absolute Gasteiger partial charge is 0.334 e. The minimum absolute atomic E-state index is 0.143. The van der Waals surface area contributed by atoms with E-state index in [9.17, 15) is 12.8 Å². The van der Waals surface area contributed by atoms with Crippen molar-refractivity contribution in [1.29, 1.82) is 0 Å². The van der Waals surface area contributed by atoms with Gasteiger partial charge in [0.1, 0.15) is 10.7 Å². The molecule has 0 unspecified atom stereocenters. The lowest BCUT2D eigenvalue weighted by atomic mass is 9.77. The fraction of sp³-hybridized carbons (Fsp3) is 0.500. The number of halogens is 1. The van der Waals surface area contributed by atoms with E-state index >= 15 is 0 Å². The molecule has 0 amide bonds. The van der Waals surface area contributed by atoms with Gasteiger partial charge in [-0.15, -0.1) is 0 Å². The summed E-state index contributed by atoms with van der Waals surface area (Å²) >= 11 is 0. The second kappa shape index (κ2) is 5.86. The van der Waals surface area contributed by atoms with Crippen LogP contribution in [0.3, 0.4) is 0 Å². The minimum atomic E-state index is -3.87. The van der Waals surface area contributed by atoms with Crippen LogP contribution < -0.4 is 5.73 Å². The molecule has 2 heterocycles. The van der Waals surface area contributed by atoms with E-state index in [2.05, 4.69) is 10.1 Å². The highest BCUT2D eigenvalue weighted by Gasteiger charge is 2.39. The quantitative estimate of drug-likeness (QED) is 0.888. The fourth-order valence-corrected chi connectivity index (χ4v) is 4.83. The fourth-order valence-electron chi connectivity index (χ4n) is 3.23. The average Bonchev–Trinajstić information content (AvgIpc) is 3.25. The van der Waals surface area contributed by atoms with Crippen LogP contribution in [0.25, 0.3) is 11.5 Å². The van der Waals surface area contributed by atoms with Gasteiger partial charge in [0.2, 0.25) is 10.0 Å². The number of nitrogens with two attached hydrogens (primary N) is 1. The smallest absolute Gasteiger partial charge is 0.258 e. The second-order valence-corrected chi connectivity index (χ2v) is 8.60. The Hall–Kier alpha value is -1.84. The van der Waals surface area contributed by atoms with Crippen molar-refractivity contribution in [3.8, 4) is 11.5 Å². The van der Waals surface area contributed by atoms with Crippen molar-refractivity contribution in [2.75, 3.05) is 13.1 Å². The molecule has 0 bridgehead atoms. The predicted octanol–water partition coefficient (Wildman–Crippen LogP) is 2.00. The van der Waals surface area contributed by atoms with E-state index in [0.29, 0.717) is 24.5 Å². The Morgan fingerprint density at radius 1 is 1.20 bits per heavy atom. The van der Waals surface area contributed by atoms with Gasteiger partial charge in [-0.25, -0.2) is 12.8 Å². The van der Waals surface area contributed by atoms with E-state index in [1.54, 1.807) is 0 Å². The van der Waals surface area contributed by atoms with Crippen molar-refractivity contribution in [3.05, 3.63) is 29.8 Å². The zero-order valence-electron chi connectivity index (χ0n) is 13.6. The summed E-state index contributed by atoms with van der Waals surface area (Å²) in [7, 11) is -3.87. The van der Waals surface area contributed by atoms with Crippen molar-refractivity contribution in [2.24, 2.45) is 5.73 Å². The minimum Gasteiger partial charge on any atom is -0.334 e. The van der Waals surface area contributed by atoms with Crippen LogP contribution in [0.2, 0.25) is 0 Å². The molecular weight excluding hydrogens is 347 g/mol. The predicted molar refractivity (Wildman–Crippen MR) is 87.4 cm³/mol. The third-order valence-electron chi connectivity index (χ3n) is 4.98. The number of sulfonamides is 1. The van der Waals surface area contributed by atoms with E-state index in [0.717, 1.165) is 38.2 Å². The molecule has 2 aromatic rings. The van der Waals surface area contributed by atoms with Gasteiger partial charge < -0.3 is 10.3 Å². The molecule has 1 aliphatic heterocycles. The molecule has 134 valence electrons. The Labute approximate surface area is 145 Å². The van der Waals surface area contributed by atoms with Gasteiger partial charge in [0, 0.05) is 18.7 Å². The highest BCUT2D eigenvalue weighted by molar-refractivity contribution is 7.89. The zero-order chi connectivity index (χ0) is 17.7. The summed E-state index contributed by atoms with van der Waals surface area (Å²) in [6, 6.07) is 3.80. The third kappa shape index (κ3) is 2.76. The first-order valence-corrected chi connectivity index (χ1v) is 9.77. The molecule has 0 atom stereocenters. The standard InChI is InChI=1S/C16H19FN4O3S/c17-12-5-4-11(10-13(12)25(22,23)21-8-1-2-9-21)14-19-15(20-24-14)16(18)6-3-7-16/h4-5,10H,1-3,6-9,18H2. The molecule has 2 fully saturated rings. The summed E-state index contributed by atoms with van der Waals surface area (Å²) in [6.45, 7) is 0.818. The molecule has 7 nitrogen and oxygen atoms in total. The first-order valence-electron chi connectivity index (χ1n) is 8.33. The Morgan fingerprint density at radius 2 is 1.92 bits per heavy atom. The summed E-state index contributed by atoms with van der Waals surface area (Å²) in [5, 5.41) is 3.91. The van der Waals surface area contributed by atoms with Crippen molar-refractivity contribution in [2.45, 2.75) is 42.5 Å². The highest BCUT2D eigenvalue weighted by atomic mass is 32.2. The number of aromatic nitrogens is 2. The molecule has 1 aromatic carbocycles. The highest BCUT2D eigenvalue weighted by Crippen LogP contribution is 2.38. The van der Waals surface area contributed by atoms with Gasteiger partial charge in [-0.1, -0.05) is 5.16 Å². The van der Waals surface area contributed by atoms with Crippen molar-refractivity contribution >= 4 is 10.0 Å². The number of nitrogens with zero attached hydrogens (tertiary/aromatic N) is 3. The maximum Gasteiger partial charge on any atom is 0.258 e. The summed E-state index contributed by atoms with van der Waals surface area (Å²) in [5.41, 5.74) is 5.96. The van der Waals surface area contributed by atoms with Crippen molar-refractivity contribution in [1.82, 2.24) is 14.4 Å². The zero-order valence-corrected chi connectivity index (χ0v) is 14.4. The van der Waals surface area contributed by atoms with Gasteiger partial charge in [-0.05, 0) is 50.3 Å². The first-order chi connectivity index (χ1) is 11.9. The number of hydrogen-bond donors (Lipinski definition) is 1. The number of hydrogen-bond acceptors (Lipinski definition) is 6. The normalized spacial score (nSPS) is 20.6. The van der Waals surface area contributed by atoms with Gasteiger partial charge in [0.15, 0.2) is 5.82 Å². The molecule has 1 saturated carbocycles. The summed E-state index contributed by atoms with van der Waals surface area (Å²) in [4.78, 5) is 3.93. The Kier molecular flexibility index (Phi) is 3.89. The summed E-state index contributed by atoms with van der Waals surface area (Å²) < 4.78 is 46.1. The van der Waals surface area contributed by atoms with Crippen LogP contribution in [0, 0.1) is 5.82 Å². The molecule has 0 radical (unpaired) electrons. The lowest BCUT2D eigenvalue weighted by molar-refractivity contribution is 0.229. The lowest BCUT2D eigenvalue weighted by Gasteiger charge is -2.34. The Balaban J connectivity index is 1.70. The van der Waals surface area contributed by atoms with Crippen LogP contribution in [-0.2, 0) is 15.6 Å². The van der Waals surface area contributed by atoms with Gasteiger partial charge in [-0.2, -0.15) is 9.29 Å². The first kappa shape index (κ1) is 16.6. The Bertz CT molecular complexity index is 902. The number of rotatable bonds is 4. The molecule has 2 N–H and O–H groups in total. The van der Waals surface area contributed by atoms with E-state index in [1.807, 2.05) is 0 Å². The van der Waals surface area contributed by atoms with Crippen LogP contribution in [0.1, 0.15) is 37.9 Å². The van der Waals surface area contributed by atoms with E-state index < -0.39 is 21.4 Å². The van der Waals surface area contributed by atoms with Gasteiger partial charge in [-0.3, -0.25) is 0 Å². The SMILES string of the molecule is NC1(c2noc(-c3ccc(F)c(S(=O)(=O)N4CCCC4)c3)n2)CCC1. The topological polar surface area (TPSA) is 102 Å². The lowest BCUT2D eigenvalue weighted by Crippen LogP contribution is -2.44. The van der Waals surface area contributed by atoms with Crippen LogP contribution >= 0.6 is 0 Å². The molecule has 1 saturated heterocycles. The third-order valence-corrected chi connectivity index (χ3v) is 6.89. The monoisotopic (exact) mass is 366 g/mol. The molecule has 1 aliphatic carbocycles. The van der Waals surface area contributed by atoms with Crippen molar-refractivity contribution in [3.63, 3.8) is 0 Å². The summed E-state index contributed by atoms with van der Waals surface area (Å²) in [6.07, 6.45) is 4.14. The maximum atomic E-state index is 14.2. The van der Waals surface area contributed by atoms with E-state index in [-0.39, 0.29) is 10.8 Å². The van der Waals surface area contributed by atoms with Crippen LogP contribution in [0.5, 0.6) is 0 Å². The van der Waals surface area contributed by atoms with Crippen LogP contribution in [0.15, 0.2) is 27.6 Å². The Morgan fingerprint density at radius 3 is 2.56 bits per heavy atom. The van der Waals surface area contributed by atoms with Gasteiger partial charge in [0.05, 0.1) is 5.54 Å². The molecule has 1 aromatic heterocycles. The average molecular weight is 366 g/mol. The molecule has 4 rings (SSSR count). The summed E-state index contributed by atoms with van der Waals surface area (Å²) in [5.74, 6) is -0.240. The molecule has 25 heavy (non-hydrogen) atoms. The van der Waals surface area contributed by atoms with Crippen LogP contribution in [-0.4, -0.2) is 36.0 Å². The van der Waals surface area contributed by atoms with Gasteiger partial charge >= 0.3 is 0 Å². The maximum absolute atomic E-state index is 14.2. The van der Waals surface area contributed by atoms with Crippen molar-refractivity contribution < 1.29 is 17.3 Å². The van der Waals surface area contributed by atoms with E-state index in [4.69, 9.17) is 10.3 Å². The molecule has 2 aliphatic rings. The molecular formula is C16H19FN4O3S. The molecule has 0 spiro atoms. The van der Waals surface area contributed by atoms with Gasteiger partial charge in [0.25, 0.3) is 5.89 Å². The van der Waals surface area contributed by atoms with E-state index in [1.165, 1.54) is 16.4 Å². The number of benzene rings is 1. The van der Waals surface area contributed by atoms with Crippen LogP contribution in [0.4, 0.5) is 4.39 Å². The molecule has 9 heteroatoms. The second-order valence-electron chi connectivity index (χ2n) is 6.69.